The van der Waals surface area contributed by atoms with Crippen LogP contribution in [0.2, 0.25) is 5.02 Å². The van der Waals surface area contributed by atoms with Gasteiger partial charge in [-0.2, -0.15) is 0 Å². The van der Waals surface area contributed by atoms with Crippen molar-refractivity contribution in [2.45, 2.75) is 51.5 Å². The van der Waals surface area contributed by atoms with Gasteiger partial charge in [0, 0.05) is 79.4 Å². The molecule has 0 bridgehead atoms. The molecule has 0 radical (unpaired) electrons. The molecule has 4 aromatic rings. The summed E-state index contributed by atoms with van der Waals surface area (Å²) in [5.74, 6) is 1.82. The molecule has 1 atom stereocenters. The van der Waals surface area contributed by atoms with E-state index in [2.05, 4.69) is 44.4 Å². The molecule has 3 saturated heterocycles. The standard InChI is InChI=1S/C39H44ClN5O4/c1-43-23-33(31-9-14-41-22-32(31)39(43)48)29-20-35(40)34(36(21-29)49-2)24-44-15-10-26(11-16-44)27-12-17-45(18-13-27)30-6-3-25(4-7-30)19-28-5-8-37(46)42-38(28)47/h3-4,6-7,9,14,20-23,26-28H,5,8,10-13,15-19,24H2,1-2H3,(H,42,46,47). The van der Waals surface area contributed by atoms with Gasteiger partial charge in [-0.25, -0.2) is 0 Å². The maximum absolute atomic E-state index is 12.7. The van der Waals surface area contributed by atoms with Crippen molar-refractivity contribution in [3.05, 3.63) is 87.6 Å². The van der Waals surface area contributed by atoms with Crippen LogP contribution >= 0.6 is 11.6 Å². The fourth-order valence-corrected chi connectivity index (χ4v) is 8.41. The molecule has 49 heavy (non-hydrogen) atoms. The van der Waals surface area contributed by atoms with E-state index in [0.29, 0.717) is 29.7 Å². The first-order valence-electron chi connectivity index (χ1n) is 17.5. The number of imide groups is 1. The maximum atomic E-state index is 12.7. The molecule has 0 aliphatic carbocycles. The number of rotatable bonds is 8. The van der Waals surface area contributed by atoms with Gasteiger partial charge in [-0.3, -0.25) is 29.6 Å². The number of hydrogen-bond donors (Lipinski definition) is 1. The molecule has 10 heteroatoms. The molecule has 9 nitrogen and oxygen atoms in total. The average Bonchev–Trinajstić information content (AvgIpc) is 3.12. The van der Waals surface area contributed by atoms with Gasteiger partial charge in [0.05, 0.1) is 12.5 Å². The third-order valence-corrected chi connectivity index (χ3v) is 11.4. The fraction of sp³-hybridized carbons (Fsp3) is 0.436. The van der Waals surface area contributed by atoms with Crippen molar-refractivity contribution < 1.29 is 14.3 Å². The fourth-order valence-electron chi connectivity index (χ4n) is 8.14. The van der Waals surface area contributed by atoms with E-state index in [1.54, 1.807) is 31.1 Å². The molecule has 5 heterocycles. The van der Waals surface area contributed by atoms with E-state index in [1.165, 1.54) is 31.4 Å². The lowest BCUT2D eigenvalue weighted by Crippen LogP contribution is -2.41. The summed E-state index contributed by atoms with van der Waals surface area (Å²) in [4.78, 5) is 45.5. The highest BCUT2D eigenvalue weighted by Crippen LogP contribution is 2.38. The second kappa shape index (κ2) is 14.3. The number of aromatic nitrogens is 2. The SMILES string of the molecule is COc1cc(-c2cn(C)c(=O)c3cnccc23)cc(Cl)c1CN1CCC(C2CCN(c3ccc(CC4CCC(=O)NC4=O)cc3)CC2)CC1. The molecule has 1 unspecified atom stereocenters. The molecule has 2 amide bonds. The molecule has 3 aliphatic rings. The van der Waals surface area contributed by atoms with Crippen LogP contribution in [0.25, 0.3) is 21.9 Å². The second-order valence-corrected chi connectivity index (χ2v) is 14.4. The number of nitrogens with one attached hydrogen (secondary N) is 1. The van der Waals surface area contributed by atoms with Crippen LogP contribution in [0, 0.1) is 17.8 Å². The van der Waals surface area contributed by atoms with Gasteiger partial charge in [0.2, 0.25) is 11.8 Å². The van der Waals surface area contributed by atoms with E-state index in [1.807, 2.05) is 24.4 Å². The van der Waals surface area contributed by atoms with E-state index >= 15 is 0 Å². The van der Waals surface area contributed by atoms with Gasteiger partial charge in [0.25, 0.3) is 5.56 Å². The first-order valence-corrected chi connectivity index (χ1v) is 17.8. The lowest BCUT2D eigenvalue weighted by Gasteiger charge is -2.41. The van der Waals surface area contributed by atoms with Gasteiger partial charge < -0.3 is 14.2 Å². The average molecular weight is 682 g/mol. The quantitative estimate of drug-likeness (QED) is 0.229. The lowest BCUT2D eigenvalue weighted by molar-refractivity contribution is -0.136. The van der Waals surface area contributed by atoms with Crippen LogP contribution < -0.4 is 20.5 Å². The number of carbonyl (C=O) groups is 2. The first-order chi connectivity index (χ1) is 23.8. The number of methoxy groups -OCH3 is 1. The summed E-state index contributed by atoms with van der Waals surface area (Å²) in [6.45, 7) is 4.96. The maximum Gasteiger partial charge on any atom is 0.259 e. The Balaban J connectivity index is 0.930. The molecule has 3 aliphatic heterocycles. The molecule has 0 saturated carbocycles. The van der Waals surface area contributed by atoms with Crippen LogP contribution in [0.1, 0.15) is 49.7 Å². The van der Waals surface area contributed by atoms with Gasteiger partial charge in [-0.05, 0) is 110 Å². The third kappa shape index (κ3) is 7.10. The van der Waals surface area contributed by atoms with Crippen molar-refractivity contribution in [3.63, 3.8) is 0 Å². The molecule has 0 spiro atoms. The van der Waals surface area contributed by atoms with Gasteiger partial charge in [0.15, 0.2) is 0 Å². The number of hydrogen-bond acceptors (Lipinski definition) is 7. The Morgan fingerprint density at radius 1 is 0.918 bits per heavy atom. The highest BCUT2D eigenvalue weighted by atomic mass is 35.5. The monoisotopic (exact) mass is 681 g/mol. The number of benzene rings is 2. The predicted molar refractivity (Wildman–Crippen MR) is 193 cm³/mol. The normalized spacial score (nSPS) is 19.7. The van der Waals surface area contributed by atoms with E-state index < -0.39 is 0 Å². The first kappa shape index (κ1) is 33.3. The minimum absolute atomic E-state index is 0.0782. The zero-order chi connectivity index (χ0) is 34.1. The minimum Gasteiger partial charge on any atom is -0.496 e. The van der Waals surface area contributed by atoms with Gasteiger partial charge in [-0.15, -0.1) is 0 Å². The van der Waals surface area contributed by atoms with E-state index in [-0.39, 0.29) is 23.3 Å². The molecular weight excluding hydrogens is 638 g/mol. The van der Waals surface area contributed by atoms with Crippen molar-refractivity contribution in [1.29, 1.82) is 0 Å². The number of pyridine rings is 2. The van der Waals surface area contributed by atoms with Gasteiger partial charge >= 0.3 is 0 Å². The summed E-state index contributed by atoms with van der Waals surface area (Å²) in [6.07, 6.45) is 11.7. The zero-order valence-corrected chi connectivity index (χ0v) is 29.0. The molecular formula is C39H44ClN5O4. The Hall–Kier alpha value is -4.21. The number of fused-ring (bicyclic) bond motifs is 1. The molecule has 3 fully saturated rings. The molecule has 2 aromatic carbocycles. The number of aryl methyl sites for hydroxylation is 1. The number of halogens is 1. The molecule has 7 rings (SSSR count). The Kier molecular flexibility index (Phi) is 9.74. The minimum atomic E-state index is -0.161. The lowest BCUT2D eigenvalue weighted by atomic mass is 9.78. The summed E-state index contributed by atoms with van der Waals surface area (Å²) >= 11 is 6.96. The second-order valence-electron chi connectivity index (χ2n) is 14.0. The van der Waals surface area contributed by atoms with Crippen LogP contribution in [-0.2, 0) is 29.6 Å². The third-order valence-electron chi connectivity index (χ3n) is 11.0. The number of carbonyl (C=O) groups excluding carboxylic acids is 2. The molecule has 2 aromatic heterocycles. The summed E-state index contributed by atoms with van der Waals surface area (Å²) in [5, 5.41) is 4.56. The summed E-state index contributed by atoms with van der Waals surface area (Å²) < 4.78 is 7.47. The van der Waals surface area contributed by atoms with Crippen LogP contribution in [0.3, 0.4) is 0 Å². The van der Waals surface area contributed by atoms with Gasteiger partial charge in [0.1, 0.15) is 5.75 Å². The highest BCUT2D eigenvalue weighted by Gasteiger charge is 2.31. The van der Waals surface area contributed by atoms with Crippen molar-refractivity contribution in [2.24, 2.45) is 24.8 Å². The number of amides is 2. The van der Waals surface area contributed by atoms with Crippen molar-refractivity contribution in [3.8, 4) is 16.9 Å². The van der Waals surface area contributed by atoms with Crippen molar-refractivity contribution in [2.75, 3.05) is 38.2 Å². The Morgan fingerprint density at radius 3 is 2.33 bits per heavy atom. The van der Waals surface area contributed by atoms with Crippen LogP contribution in [0.4, 0.5) is 5.69 Å². The number of ether oxygens (including phenoxy) is 1. The van der Waals surface area contributed by atoms with Crippen LogP contribution in [0.15, 0.2) is 65.8 Å². The summed E-state index contributed by atoms with van der Waals surface area (Å²) in [5.41, 5.74) is 5.14. The largest absolute Gasteiger partial charge is 0.496 e. The summed E-state index contributed by atoms with van der Waals surface area (Å²) in [6, 6.07) is 14.6. The Labute approximate surface area is 292 Å². The molecule has 1 N–H and O–H groups in total. The summed E-state index contributed by atoms with van der Waals surface area (Å²) in [7, 11) is 3.45. The van der Waals surface area contributed by atoms with Crippen molar-refractivity contribution >= 4 is 39.9 Å². The predicted octanol–water partition coefficient (Wildman–Crippen LogP) is 5.99. The topological polar surface area (TPSA) is 96.8 Å². The smallest absolute Gasteiger partial charge is 0.259 e. The van der Waals surface area contributed by atoms with Gasteiger partial charge in [-0.1, -0.05) is 23.7 Å². The Morgan fingerprint density at radius 2 is 1.63 bits per heavy atom. The van der Waals surface area contributed by atoms with Crippen LogP contribution in [-0.4, -0.2) is 59.6 Å². The number of piperidine rings is 3. The van der Waals surface area contributed by atoms with E-state index in [0.717, 1.165) is 77.9 Å². The number of anilines is 1. The molecule has 256 valence electrons. The number of likely N-dealkylation sites (tertiary alicyclic amines) is 1. The van der Waals surface area contributed by atoms with Crippen molar-refractivity contribution in [1.82, 2.24) is 19.8 Å². The highest BCUT2D eigenvalue weighted by molar-refractivity contribution is 6.32. The van der Waals surface area contributed by atoms with E-state index in [4.69, 9.17) is 16.3 Å². The Bertz CT molecular complexity index is 1910. The van der Waals surface area contributed by atoms with E-state index in [9.17, 15) is 14.4 Å². The number of nitrogens with zero attached hydrogens (tertiary/aromatic N) is 4. The van der Waals surface area contributed by atoms with Crippen LogP contribution in [0.5, 0.6) is 5.75 Å². The zero-order valence-electron chi connectivity index (χ0n) is 28.3.